The molecule has 0 amide bonds. The molecule has 0 bridgehead atoms. The Morgan fingerprint density at radius 3 is 2.93 bits per heavy atom. The van der Waals surface area contributed by atoms with Gasteiger partial charge in [0, 0.05) is 0 Å². The van der Waals surface area contributed by atoms with Gasteiger partial charge >= 0.3 is 5.97 Å². The molecule has 0 saturated carbocycles. The molecule has 15 heavy (non-hydrogen) atoms. The summed E-state index contributed by atoms with van der Waals surface area (Å²) < 4.78 is 4.86. The molecule has 5 heteroatoms. The first-order valence-electron chi connectivity index (χ1n) is 4.27. The van der Waals surface area contributed by atoms with Crippen LogP contribution in [0.3, 0.4) is 0 Å². The fourth-order valence-electron chi connectivity index (χ4n) is 0.894. The Kier molecular flexibility index (Phi) is 4.15. The molecule has 0 saturated heterocycles. The molecule has 80 valence electrons. The maximum Gasteiger partial charge on any atom is 0.316 e. The number of carbonyl (C=O) groups excluding carboxylic acids is 1. The fraction of sp³-hybridized carbons (Fsp3) is 0.200. The van der Waals surface area contributed by atoms with Crippen molar-refractivity contribution in [1.29, 1.82) is 0 Å². The van der Waals surface area contributed by atoms with Crippen LogP contribution in [0.1, 0.15) is 6.42 Å². The van der Waals surface area contributed by atoms with Crippen LogP contribution in [0, 0.1) is 0 Å². The van der Waals surface area contributed by atoms with E-state index < -0.39 is 5.97 Å². The lowest BCUT2D eigenvalue weighted by atomic mass is 10.3. The Balaban J connectivity index is 2.52. The zero-order valence-corrected chi connectivity index (χ0v) is 8.21. The Labute approximate surface area is 86.9 Å². The van der Waals surface area contributed by atoms with Gasteiger partial charge < -0.3 is 14.7 Å². The van der Waals surface area contributed by atoms with Gasteiger partial charge in [0.2, 0.25) is 0 Å². The molecular formula is C10H11NO4. The summed E-state index contributed by atoms with van der Waals surface area (Å²) in [6.07, 6.45) is 1.27. The summed E-state index contributed by atoms with van der Waals surface area (Å²) in [5.74, 6) is -0.458. The summed E-state index contributed by atoms with van der Waals surface area (Å²) in [7, 11) is 1.38. The zero-order chi connectivity index (χ0) is 11.1. The highest BCUT2D eigenvalue weighted by molar-refractivity contribution is 5.87. The number of benzene rings is 1. The van der Waals surface area contributed by atoms with E-state index in [1.807, 2.05) is 0 Å². The highest BCUT2D eigenvalue weighted by Crippen LogP contribution is 2.24. The van der Waals surface area contributed by atoms with Crippen molar-refractivity contribution in [2.75, 3.05) is 7.11 Å². The van der Waals surface area contributed by atoms with Crippen molar-refractivity contribution in [3.05, 3.63) is 24.3 Å². The van der Waals surface area contributed by atoms with Crippen molar-refractivity contribution >= 4 is 12.2 Å². The summed E-state index contributed by atoms with van der Waals surface area (Å²) >= 11 is 0. The highest BCUT2D eigenvalue weighted by Gasteiger charge is 2.06. The van der Waals surface area contributed by atoms with E-state index in [4.69, 9.17) is 4.74 Å². The van der Waals surface area contributed by atoms with Gasteiger partial charge in [-0.25, -0.2) is 0 Å². The standard InChI is InChI=1S/C10H11NO4/c1-14-11-7-6-10(13)15-9-5-3-2-4-8(9)12/h2-5,7,12H,6H2,1H3. The molecule has 0 aliphatic rings. The van der Waals surface area contributed by atoms with Gasteiger partial charge in [-0.2, -0.15) is 0 Å². The number of ether oxygens (including phenoxy) is 1. The van der Waals surface area contributed by atoms with Crippen molar-refractivity contribution in [3.63, 3.8) is 0 Å². The van der Waals surface area contributed by atoms with Crippen molar-refractivity contribution in [3.8, 4) is 11.5 Å². The predicted octanol–water partition coefficient (Wildman–Crippen LogP) is 1.32. The van der Waals surface area contributed by atoms with E-state index >= 15 is 0 Å². The molecular weight excluding hydrogens is 198 g/mol. The van der Waals surface area contributed by atoms with Crippen LogP contribution in [0.5, 0.6) is 11.5 Å². The molecule has 0 aliphatic carbocycles. The Morgan fingerprint density at radius 1 is 1.53 bits per heavy atom. The molecule has 0 fully saturated rings. The lowest BCUT2D eigenvalue weighted by molar-refractivity contribution is -0.133. The SMILES string of the molecule is CON=CCC(=O)Oc1ccccc1O. The van der Waals surface area contributed by atoms with Gasteiger partial charge in [0.1, 0.15) is 7.11 Å². The molecule has 5 nitrogen and oxygen atoms in total. The average Bonchev–Trinajstić information content (AvgIpc) is 2.22. The number of esters is 1. The normalized spacial score (nSPS) is 10.2. The Bertz CT molecular complexity index is 362. The largest absolute Gasteiger partial charge is 0.504 e. The van der Waals surface area contributed by atoms with Crippen LogP contribution >= 0.6 is 0 Å². The lowest BCUT2D eigenvalue weighted by Crippen LogP contribution is -2.08. The van der Waals surface area contributed by atoms with E-state index in [0.29, 0.717) is 0 Å². The van der Waals surface area contributed by atoms with Gasteiger partial charge in [0.25, 0.3) is 0 Å². The van der Waals surface area contributed by atoms with E-state index in [-0.39, 0.29) is 17.9 Å². The van der Waals surface area contributed by atoms with Gasteiger partial charge in [-0.1, -0.05) is 17.3 Å². The van der Waals surface area contributed by atoms with Crippen LogP contribution in [-0.2, 0) is 9.63 Å². The van der Waals surface area contributed by atoms with Gasteiger partial charge in [0.05, 0.1) is 12.6 Å². The molecule has 0 spiro atoms. The molecule has 0 aliphatic heterocycles. The van der Waals surface area contributed by atoms with Crippen LogP contribution in [0.25, 0.3) is 0 Å². The lowest BCUT2D eigenvalue weighted by Gasteiger charge is -2.03. The minimum absolute atomic E-state index is 0.0117. The number of oxime groups is 1. The topological polar surface area (TPSA) is 68.1 Å². The smallest absolute Gasteiger partial charge is 0.316 e. The average molecular weight is 209 g/mol. The molecule has 1 aromatic carbocycles. The van der Waals surface area contributed by atoms with Gasteiger partial charge in [0.15, 0.2) is 11.5 Å². The zero-order valence-electron chi connectivity index (χ0n) is 8.21. The summed E-state index contributed by atoms with van der Waals surface area (Å²) in [6, 6.07) is 6.23. The van der Waals surface area contributed by atoms with Crippen molar-refractivity contribution in [2.24, 2.45) is 5.16 Å². The first-order valence-corrected chi connectivity index (χ1v) is 4.27. The van der Waals surface area contributed by atoms with Crippen LogP contribution in [-0.4, -0.2) is 24.4 Å². The van der Waals surface area contributed by atoms with Gasteiger partial charge in [-0.05, 0) is 12.1 Å². The molecule has 0 aromatic heterocycles. The second kappa shape index (κ2) is 5.64. The highest BCUT2D eigenvalue weighted by atomic mass is 16.6. The third kappa shape index (κ3) is 3.68. The number of hydrogen-bond donors (Lipinski definition) is 1. The van der Waals surface area contributed by atoms with E-state index in [9.17, 15) is 9.90 Å². The second-order valence-electron chi connectivity index (χ2n) is 2.62. The first kappa shape index (κ1) is 11.0. The van der Waals surface area contributed by atoms with Crippen LogP contribution in [0.4, 0.5) is 0 Å². The van der Waals surface area contributed by atoms with Gasteiger partial charge in [-0.15, -0.1) is 0 Å². The third-order valence-corrected chi connectivity index (χ3v) is 1.53. The molecule has 1 rings (SSSR count). The summed E-state index contributed by atoms with van der Waals surface area (Å²) in [6.45, 7) is 0. The molecule has 0 heterocycles. The monoisotopic (exact) mass is 209 g/mol. The quantitative estimate of drug-likeness (QED) is 0.351. The van der Waals surface area contributed by atoms with E-state index in [1.165, 1.54) is 25.5 Å². The molecule has 0 unspecified atom stereocenters. The second-order valence-corrected chi connectivity index (χ2v) is 2.62. The van der Waals surface area contributed by atoms with Crippen molar-refractivity contribution in [1.82, 2.24) is 0 Å². The molecule has 1 N–H and O–H groups in total. The maximum atomic E-state index is 11.2. The molecule has 0 radical (unpaired) electrons. The minimum Gasteiger partial charge on any atom is -0.504 e. The third-order valence-electron chi connectivity index (χ3n) is 1.53. The minimum atomic E-state index is -0.516. The van der Waals surface area contributed by atoms with Crippen LogP contribution in [0.2, 0.25) is 0 Å². The number of phenolic OH excluding ortho intramolecular Hbond substituents is 1. The van der Waals surface area contributed by atoms with Crippen LogP contribution in [0.15, 0.2) is 29.4 Å². The van der Waals surface area contributed by atoms with Crippen molar-refractivity contribution in [2.45, 2.75) is 6.42 Å². The number of para-hydroxylation sites is 2. The summed E-state index contributed by atoms with van der Waals surface area (Å²) in [5.41, 5.74) is 0. The molecule has 0 atom stereocenters. The number of nitrogens with zero attached hydrogens (tertiary/aromatic N) is 1. The Hall–Kier alpha value is -2.04. The number of rotatable bonds is 4. The van der Waals surface area contributed by atoms with Crippen LogP contribution < -0.4 is 4.74 Å². The Morgan fingerprint density at radius 2 is 2.27 bits per heavy atom. The molecule has 1 aromatic rings. The number of hydrogen-bond acceptors (Lipinski definition) is 5. The number of aromatic hydroxyl groups is 1. The number of phenols is 1. The summed E-state index contributed by atoms with van der Waals surface area (Å²) in [5, 5.41) is 12.7. The van der Waals surface area contributed by atoms with Crippen molar-refractivity contribution < 1.29 is 19.5 Å². The fourth-order valence-corrected chi connectivity index (χ4v) is 0.894. The van der Waals surface area contributed by atoms with E-state index in [1.54, 1.807) is 12.1 Å². The number of carbonyl (C=O) groups is 1. The first-order chi connectivity index (χ1) is 7.24. The van der Waals surface area contributed by atoms with E-state index in [0.717, 1.165) is 0 Å². The van der Waals surface area contributed by atoms with Gasteiger partial charge in [-0.3, -0.25) is 4.79 Å². The predicted molar refractivity (Wildman–Crippen MR) is 53.9 cm³/mol. The van der Waals surface area contributed by atoms with E-state index in [2.05, 4.69) is 9.99 Å². The maximum absolute atomic E-state index is 11.2. The summed E-state index contributed by atoms with van der Waals surface area (Å²) in [4.78, 5) is 15.5.